The van der Waals surface area contributed by atoms with Gasteiger partial charge in [0.25, 0.3) is 0 Å². The zero-order valence-corrected chi connectivity index (χ0v) is 10.7. The summed E-state index contributed by atoms with van der Waals surface area (Å²) >= 11 is 0. The summed E-state index contributed by atoms with van der Waals surface area (Å²) in [6, 6.07) is 14.0. The van der Waals surface area contributed by atoms with Crippen molar-refractivity contribution >= 4 is 17.7 Å². The minimum atomic E-state index is 0.864. The predicted octanol–water partition coefficient (Wildman–Crippen LogP) is 3.51. The third-order valence-electron chi connectivity index (χ3n) is 3.01. The van der Waals surface area contributed by atoms with Crippen molar-refractivity contribution in [2.24, 2.45) is 0 Å². The zero-order valence-electron chi connectivity index (χ0n) is 10.7. The Hall–Kier alpha value is -2.55. The molecule has 0 aliphatic heterocycles. The molecule has 94 valence electrons. The summed E-state index contributed by atoms with van der Waals surface area (Å²) in [4.78, 5) is 4.40. The largest absolute Gasteiger partial charge is 0.497 e. The van der Waals surface area contributed by atoms with Crippen molar-refractivity contribution in [3.8, 4) is 5.75 Å². The van der Waals surface area contributed by atoms with Crippen LogP contribution in [0.15, 0.2) is 54.9 Å². The van der Waals surface area contributed by atoms with E-state index >= 15 is 0 Å². The second-order valence-corrected chi connectivity index (χ2v) is 4.22. The van der Waals surface area contributed by atoms with Gasteiger partial charge in [-0.3, -0.25) is 0 Å². The molecule has 0 atom stereocenters. The Kier molecular flexibility index (Phi) is 3.02. The van der Waals surface area contributed by atoms with Crippen molar-refractivity contribution in [2.45, 2.75) is 0 Å². The summed E-state index contributed by atoms with van der Waals surface area (Å²) in [5, 5.41) is 0. The third kappa shape index (κ3) is 2.36. The van der Waals surface area contributed by atoms with Gasteiger partial charge in [-0.2, -0.15) is 0 Å². The molecule has 0 saturated heterocycles. The monoisotopic (exact) mass is 250 g/mol. The Bertz CT molecular complexity index is 711. The maximum Gasteiger partial charge on any atom is 0.137 e. The Balaban J connectivity index is 1.89. The second-order valence-electron chi connectivity index (χ2n) is 4.22. The van der Waals surface area contributed by atoms with Crippen LogP contribution in [0.5, 0.6) is 5.75 Å². The van der Waals surface area contributed by atoms with Crippen molar-refractivity contribution in [1.29, 1.82) is 0 Å². The zero-order chi connectivity index (χ0) is 13.1. The number of ether oxygens (including phenoxy) is 1. The number of rotatable bonds is 3. The van der Waals surface area contributed by atoms with Crippen LogP contribution in [-0.2, 0) is 0 Å². The van der Waals surface area contributed by atoms with E-state index in [1.807, 2.05) is 67.0 Å². The Morgan fingerprint density at radius 3 is 2.68 bits per heavy atom. The molecule has 2 aromatic heterocycles. The highest BCUT2D eigenvalue weighted by molar-refractivity contribution is 5.68. The van der Waals surface area contributed by atoms with Crippen LogP contribution in [0.1, 0.15) is 11.4 Å². The number of fused-ring (bicyclic) bond motifs is 1. The summed E-state index contributed by atoms with van der Waals surface area (Å²) < 4.78 is 7.19. The van der Waals surface area contributed by atoms with Gasteiger partial charge in [-0.15, -0.1) is 0 Å². The molecule has 2 heterocycles. The fourth-order valence-corrected chi connectivity index (χ4v) is 1.97. The first-order valence-corrected chi connectivity index (χ1v) is 6.11. The van der Waals surface area contributed by atoms with Gasteiger partial charge >= 0.3 is 0 Å². The maximum absolute atomic E-state index is 5.14. The van der Waals surface area contributed by atoms with E-state index in [1.165, 1.54) is 0 Å². The SMILES string of the molecule is COc1ccc(/C=C/c2ncc3ccccn23)cc1. The molecular formula is C16H14N2O. The maximum atomic E-state index is 5.14. The number of imidazole rings is 1. The summed E-state index contributed by atoms with van der Waals surface area (Å²) in [5.41, 5.74) is 2.21. The van der Waals surface area contributed by atoms with Gasteiger partial charge in [0.05, 0.1) is 18.8 Å². The molecule has 0 aliphatic carbocycles. The van der Waals surface area contributed by atoms with Gasteiger partial charge in [0.15, 0.2) is 0 Å². The number of nitrogens with zero attached hydrogens (tertiary/aromatic N) is 2. The number of hydrogen-bond donors (Lipinski definition) is 0. The van der Waals surface area contributed by atoms with Crippen LogP contribution in [0, 0.1) is 0 Å². The van der Waals surface area contributed by atoms with E-state index in [2.05, 4.69) is 9.38 Å². The molecule has 0 saturated carbocycles. The highest BCUT2D eigenvalue weighted by Gasteiger charge is 1.98. The van der Waals surface area contributed by atoms with Gasteiger partial charge in [-0.05, 0) is 35.9 Å². The number of methoxy groups -OCH3 is 1. The lowest BCUT2D eigenvalue weighted by molar-refractivity contribution is 0.415. The van der Waals surface area contributed by atoms with Gasteiger partial charge in [0.2, 0.25) is 0 Å². The van der Waals surface area contributed by atoms with Crippen molar-refractivity contribution in [3.05, 3.63) is 66.2 Å². The van der Waals surface area contributed by atoms with E-state index in [0.717, 1.165) is 22.7 Å². The first-order valence-electron chi connectivity index (χ1n) is 6.11. The average Bonchev–Trinajstić information content (AvgIpc) is 2.89. The van der Waals surface area contributed by atoms with Gasteiger partial charge in [-0.1, -0.05) is 24.3 Å². The van der Waals surface area contributed by atoms with E-state index in [0.29, 0.717) is 0 Å². The molecule has 0 radical (unpaired) electrons. The molecule has 0 N–H and O–H groups in total. The standard InChI is InChI=1S/C16H14N2O/c1-19-15-8-5-13(6-9-15)7-10-16-17-12-14-4-2-3-11-18(14)16/h2-12H,1H3/b10-7+. The van der Waals surface area contributed by atoms with E-state index in [-0.39, 0.29) is 0 Å². The molecule has 0 aliphatic rings. The van der Waals surface area contributed by atoms with Gasteiger partial charge in [0, 0.05) is 6.20 Å². The molecule has 3 heteroatoms. The molecule has 0 bridgehead atoms. The molecule has 3 aromatic rings. The number of hydrogen-bond acceptors (Lipinski definition) is 2. The van der Waals surface area contributed by atoms with Crippen molar-refractivity contribution in [2.75, 3.05) is 7.11 Å². The van der Waals surface area contributed by atoms with Crippen LogP contribution >= 0.6 is 0 Å². The van der Waals surface area contributed by atoms with E-state index < -0.39 is 0 Å². The fraction of sp³-hybridized carbons (Fsp3) is 0.0625. The molecular weight excluding hydrogens is 236 g/mol. The average molecular weight is 250 g/mol. The van der Waals surface area contributed by atoms with Crippen LogP contribution in [0.25, 0.3) is 17.7 Å². The molecule has 0 spiro atoms. The number of aromatic nitrogens is 2. The summed E-state index contributed by atoms with van der Waals surface area (Å²) in [5.74, 6) is 1.79. The van der Waals surface area contributed by atoms with Crippen LogP contribution < -0.4 is 4.74 Å². The first-order chi connectivity index (χ1) is 9.36. The second kappa shape index (κ2) is 4.98. The Morgan fingerprint density at radius 2 is 1.89 bits per heavy atom. The van der Waals surface area contributed by atoms with Crippen LogP contribution in [0.2, 0.25) is 0 Å². The third-order valence-corrected chi connectivity index (χ3v) is 3.01. The van der Waals surface area contributed by atoms with E-state index in [4.69, 9.17) is 4.74 Å². The smallest absolute Gasteiger partial charge is 0.137 e. The first kappa shape index (κ1) is 11.5. The van der Waals surface area contributed by atoms with Crippen LogP contribution in [0.4, 0.5) is 0 Å². The molecule has 0 unspecified atom stereocenters. The summed E-state index contributed by atoms with van der Waals surface area (Å²) in [6.07, 6.45) is 7.93. The normalized spacial score (nSPS) is 11.2. The Labute approximate surface area is 111 Å². The highest BCUT2D eigenvalue weighted by Crippen LogP contribution is 2.14. The van der Waals surface area contributed by atoms with Crippen molar-refractivity contribution in [1.82, 2.24) is 9.38 Å². The van der Waals surface area contributed by atoms with Crippen LogP contribution in [0.3, 0.4) is 0 Å². The number of pyridine rings is 1. The minimum Gasteiger partial charge on any atom is -0.497 e. The highest BCUT2D eigenvalue weighted by atomic mass is 16.5. The Morgan fingerprint density at radius 1 is 1.05 bits per heavy atom. The lowest BCUT2D eigenvalue weighted by Crippen LogP contribution is -1.86. The summed E-state index contributed by atoms with van der Waals surface area (Å²) in [7, 11) is 1.67. The minimum absolute atomic E-state index is 0.864. The predicted molar refractivity (Wildman–Crippen MR) is 77.1 cm³/mol. The molecule has 19 heavy (non-hydrogen) atoms. The van der Waals surface area contributed by atoms with E-state index in [9.17, 15) is 0 Å². The van der Waals surface area contributed by atoms with Crippen molar-refractivity contribution < 1.29 is 4.74 Å². The van der Waals surface area contributed by atoms with E-state index in [1.54, 1.807) is 7.11 Å². The lowest BCUT2D eigenvalue weighted by atomic mass is 10.2. The fourth-order valence-electron chi connectivity index (χ4n) is 1.97. The molecule has 0 fully saturated rings. The summed E-state index contributed by atoms with van der Waals surface area (Å²) in [6.45, 7) is 0. The van der Waals surface area contributed by atoms with Gasteiger partial charge in [0.1, 0.15) is 11.6 Å². The van der Waals surface area contributed by atoms with Crippen LogP contribution in [-0.4, -0.2) is 16.5 Å². The quantitative estimate of drug-likeness (QED) is 0.711. The topological polar surface area (TPSA) is 26.5 Å². The number of benzene rings is 1. The lowest BCUT2D eigenvalue weighted by Gasteiger charge is -1.99. The molecule has 1 aromatic carbocycles. The van der Waals surface area contributed by atoms with Gasteiger partial charge < -0.3 is 9.14 Å². The molecule has 0 amide bonds. The molecule has 3 rings (SSSR count). The molecule has 3 nitrogen and oxygen atoms in total. The van der Waals surface area contributed by atoms with Gasteiger partial charge in [-0.25, -0.2) is 4.98 Å². The van der Waals surface area contributed by atoms with Crippen molar-refractivity contribution in [3.63, 3.8) is 0 Å².